The van der Waals surface area contributed by atoms with Crippen molar-refractivity contribution in [3.8, 4) is 11.5 Å². The van der Waals surface area contributed by atoms with E-state index >= 15 is 0 Å². The Bertz CT molecular complexity index is 842. The van der Waals surface area contributed by atoms with Gasteiger partial charge in [-0.2, -0.15) is 0 Å². The highest BCUT2D eigenvalue weighted by Gasteiger charge is 2.29. The summed E-state index contributed by atoms with van der Waals surface area (Å²) in [6.45, 7) is 2.86. The second-order valence-corrected chi connectivity index (χ2v) is 5.41. The summed E-state index contributed by atoms with van der Waals surface area (Å²) < 4.78 is 5.31. The lowest BCUT2D eigenvalue weighted by molar-refractivity contribution is -0.133. The maximum atomic E-state index is 12.5. The third kappa shape index (κ3) is 2.92. The number of ketones is 1. The van der Waals surface area contributed by atoms with Gasteiger partial charge < -0.3 is 14.7 Å². The van der Waals surface area contributed by atoms with E-state index in [1.54, 1.807) is 19.1 Å². The van der Waals surface area contributed by atoms with Crippen molar-refractivity contribution in [2.24, 2.45) is 0 Å². The lowest BCUT2D eigenvalue weighted by Crippen LogP contribution is -2.25. The molecule has 2 aromatic rings. The van der Waals surface area contributed by atoms with Crippen LogP contribution in [-0.2, 0) is 4.79 Å². The molecule has 0 atom stereocenters. The number of carbonyl (C=O) groups excluding carboxylic acids is 3. The highest BCUT2D eigenvalue weighted by molar-refractivity contribution is 6.16. The van der Waals surface area contributed by atoms with Crippen LogP contribution >= 0.6 is 0 Å². The number of pyridine rings is 1. The van der Waals surface area contributed by atoms with E-state index in [0.29, 0.717) is 0 Å². The van der Waals surface area contributed by atoms with Gasteiger partial charge in [-0.1, -0.05) is 6.92 Å². The van der Waals surface area contributed by atoms with E-state index in [1.807, 2.05) is 0 Å². The Morgan fingerprint density at radius 1 is 1.25 bits per heavy atom. The zero-order chi connectivity index (χ0) is 18.0. The van der Waals surface area contributed by atoms with Crippen molar-refractivity contribution >= 4 is 28.6 Å². The first-order chi connectivity index (χ1) is 11.3. The third-order valence-corrected chi connectivity index (χ3v) is 3.47. The normalized spacial score (nSPS) is 10.5. The van der Waals surface area contributed by atoms with Crippen LogP contribution in [0.3, 0.4) is 0 Å². The number of hydrogen-bond donors (Lipinski definition) is 1. The van der Waals surface area contributed by atoms with E-state index in [2.05, 4.69) is 4.98 Å². The van der Waals surface area contributed by atoms with Crippen LogP contribution in [0.5, 0.6) is 11.5 Å². The standard InChI is InChI=1S/C17H18N2O5/c1-5-11(21)24-16-10-7-6-8-18-14(10)15(22)13(12(16)9(2)20)17(23)19(3)4/h6-8,22H,5H2,1-4H3. The molecule has 1 heterocycles. The number of esters is 1. The number of fused-ring (bicyclic) bond motifs is 1. The number of rotatable bonds is 4. The van der Waals surface area contributed by atoms with Gasteiger partial charge in [-0.15, -0.1) is 0 Å². The molecule has 0 aliphatic carbocycles. The van der Waals surface area contributed by atoms with E-state index in [4.69, 9.17) is 4.74 Å². The van der Waals surface area contributed by atoms with Crippen molar-refractivity contribution in [3.63, 3.8) is 0 Å². The first kappa shape index (κ1) is 17.4. The SMILES string of the molecule is CCC(=O)Oc1c(C(C)=O)c(C(=O)N(C)C)c(O)c2ncccc12. The van der Waals surface area contributed by atoms with Gasteiger partial charge in [-0.05, 0) is 19.1 Å². The predicted molar refractivity (Wildman–Crippen MR) is 87.4 cm³/mol. The molecule has 1 aromatic heterocycles. The van der Waals surface area contributed by atoms with Crippen LogP contribution in [-0.4, -0.2) is 46.7 Å². The quantitative estimate of drug-likeness (QED) is 0.524. The van der Waals surface area contributed by atoms with Gasteiger partial charge in [0.05, 0.1) is 11.1 Å². The molecule has 0 unspecified atom stereocenters. The summed E-state index contributed by atoms with van der Waals surface area (Å²) in [4.78, 5) is 41.7. The van der Waals surface area contributed by atoms with Crippen LogP contribution in [0.25, 0.3) is 10.9 Å². The molecule has 7 heteroatoms. The molecule has 7 nitrogen and oxygen atoms in total. The number of phenols is 1. The first-order valence-corrected chi connectivity index (χ1v) is 7.36. The van der Waals surface area contributed by atoms with Gasteiger partial charge in [0.2, 0.25) is 0 Å². The van der Waals surface area contributed by atoms with Crippen LogP contribution in [0, 0.1) is 0 Å². The van der Waals surface area contributed by atoms with Crippen molar-refractivity contribution in [3.05, 3.63) is 29.5 Å². The Labute approximate surface area is 138 Å². The molecule has 0 spiro atoms. The van der Waals surface area contributed by atoms with Crippen molar-refractivity contribution in [2.45, 2.75) is 20.3 Å². The summed E-state index contributed by atoms with van der Waals surface area (Å²) in [5.41, 5.74) is -0.266. The van der Waals surface area contributed by atoms with E-state index in [1.165, 1.54) is 32.1 Å². The zero-order valence-electron chi connectivity index (χ0n) is 13.9. The Morgan fingerprint density at radius 2 is 1.92 bits per heavy atom. The number of aromatic hydroxyl groups is 1. The Kier molecular flexibility index (Phi) is 4.82. The highest BCUT2D eigenvalue weighted by atomic mass is 16.5. The van der Waals surface area contributed by atoms with E-state index < -0.39 is 23.4 Å². The van der Waals surface area contributed by atoms with Gasteiger partial charge in [0.25, 0.3) is 5.91 Å². The maximum Gasteiger partial charge on any atom is 0.310 e. The number of ether oxygens (including phenoxy) is 1. The number of benzene rings is 1. The van der Waals surface area contributed by atoms with Gasteiger partial charge in [0, 0.05) is 32.1 Å². The van der Waals surface area contributed by atoms with Gasteiger partial charge in [0.1, 0.15) is 5.52 Å². The molecule has 1 amide bonds. The van der Waals surface area contributed by atoms with Crippen LogP contribution in [0.15, 0.2) is 18.3 Å². The number of Topliss-reactive ketones (excluding diaryl/α,β-unsaturated/α-hetero) is 1. The smallest absolute Gasteiger partial charge is 0.310 e. The zero-order valence-corrected chi connectivity index (χ0v) is 13.9. The average molecular weight is 330 g/mol. The molecular weight excluding hydrogens is 312 g/mol. The Balaban J connectivity index is 2.96. The first-order valence-electron chi connectivity index (χ1n) is 7.36. The summed E-state index contributed by atoms with van der Waals surface area (Å²) in [5, 5.41) is 10.8. The molecular formula is C17H18N2O5. The maximum absolute atomic E-state index is 12.5. The number of phenolic OH excluding ortho intramolecular Hbond substituents is 1. The van der Waals surface area contributed by atoms with Crippen LogP contribution in [0.4, 0.5) is 0 Å². The van der Waals surface area contributed by atoms with Gasteiger partial charge >= 0.3 is 5.97 Å². The summed E-state index contributed by atoms with van der Waals surface area (Å²) in [6.07, 6.45) is 1.53. The number of nitrogens with zero attached hydrogens (tertiary/aromatic N) is 2. The molecule has 0 radical (unpaired) electrons. The summed E-state index contributed by atoms with van der Waals surface area (Å²) in [5.74, 6) is -2.11. The van der Waals surface area contributed by atoms with Gasteiger partial charge in [0.15, 0.2) is 17.3 Å². The largest absolute Gasteiger partial charge is 0.505 e. The molecule has 0 aliphatic rings. The molecule has 1 N–H and O–H groups in total. The molecule has 24 heavy (non-hydrogen) atoms. The minimum atomic E-state index is -0.584. The molecule has 0 saturated carbocycles. The molecule has 0 saturated heterocycles. The summed E-state index contributed by atoms with van der Waals surface area (Å²) in [6, 6.07) is 3.15. The average Bonchev–Trinajstić information content (AvgIpc) is 2.55. The molecule has 126 valence electrons. The summed E-state index contributed by atoms with van der Waals surface area (Å²) in [7, 11) is 2.98. The highest BCUT2D eigenvalue weighted by Crippen LogP contribution is 2.40. The monoisotopic (exact) mass is 330 g/mol. The molecule has 2 rings (SSSR count). The molecule has 0 bridgehead atoms. The third-order valence-electron chi connectivity index (χ3n) is 3.47. The minimum absolute atomic E-state index is 0.0551. The molecule has 0 aliphatic heterocycles. The van der Waals surface area contributed by atoms with Crippen molar-refractivity contribution in [1.29, 1.82) is 0 Å². The minimum Gasteiger partial charge on any atom is -0.505 e. The lowest BCUT2D eigenvalue weighted by Gasteiger charge is -2.19. The second kappa shape index (κ2) is 6.66. The Morgan fingerprint density at radius 3 is 2.46 bits per heavy atom. The van der Waals surface area contributed by atoms with E-state index in [0.717, 1.165) is 0 Å². The molecule has 0 fully saturated rings. The van der Waals surface area contributed by atoms with Crippen molar-refractivity contribution in [2.75, 3.05) is 14.1 Å². The fraction of sp³-hybridized carbons (Fsp3) is 0.294. The fourth-order valence-corrected chi connectivity index (χ4v) is 2.32. The van der Waals surface area contributed by atoms with Crippen molar-refractivity contribution in [1.82, 2.24) is 9.88 Å². The second-order valence-electron chi connectivity index (χ2n) is 5.41. The Hall–Kier alpha value is -2.96. The number of carbonyl (C=O) groups is 3. The summed E-state index contributed by atoms with van der Waals surface area (Å²) >= 11 is 0. The van der Waals surface area contributed by atoms with Crippen LogP contribution in [0.1, 0.15) is 41.0 Å². The van der Waals surface area contributed by atoms with Crippen LogP contribution < -0.4 is 4.74 Å². The molecule has 1 aromatic carbocycles. The van der Waals surface area contributed by atoms with E-state index in [9.17, 15) is 19.5 Å². The van der Waals surface area contributed by atoms with Gasteiger partial charge in [-0.25, -0.2) is 0 Å². The number of hydrogen-bond acceptors (Lipinski definition) is 6. The fourth-order valence-electron chi connectivity index (χ4n) is 2.32. The van der Waals surface area contributed by atoms with Gasteiger partial charge in [-0.3, -0.25) is 19.4 Å². The lowest BCUT2D eigenvalue weighted by atomic mass is 9.97. The van der Waals surface area contributed by atoms with Crippen LogP contribution in [0.2, 0.25) is 0 Å². The number of amides is 1. The van der Waals surface area contributed by atoms with Crippen molar-refractivity contribution < 1.29 is 24.2 Å². The number of aromatic nitrogens is 1. The predicted octanol–water partition coefficient (Wildman–Crippen LogP) is 2.16. The topological polar surface area (TPSA) is 96.8 Å². The van der Waals surface area contributed by atoms with E-state index in [-0.39, 0.29) is 34.2 Å².